The van der Waals surface area contributed by atoms with E-state index >= 15 is 0 Å². The molecule has 2 amide bonds. The van der Waals surface area contributed by atoms with Crippen LogP contribution in [0.2, 0.25) is 0 Å². The number of anilines is 1. The van der Waals surface area contributed by atoms with Crippen LogP contribution in [0.15, 0.2) is 33.6 Å². The first-order valence-corrected chi connectivity index (χ1v) is 11.6. The number of piperidine rings is 1. The second-order valence-corrected chi connectivity index (χ2v) is 10.1. The Hall–Kier alpha value is -3.15. The zero-order valence-electron chi connectivity index (χ0n) is 20.3. The summed E-state index contributed by atoms with van der Waals surface area (Å²) in [4.78, 5) is 38.3. The van der Waals surface area contributed by atoms with Crippen molar-refractivity contribution in [2.45, 2.75) is 57.7 Å². The van der Waals surface area contributed by atoms with Crippen LogP contribution in [0.25, 0.3) is 0 Å². The molecule has 1 fully saturated rings. The van der Waals surface area contributed by atoms with Gasteiger partial charge in [-0.25, -0.2) is 4.39 Å². The average Bonchev–Trinajstić information content (AvgIpc) is 3.15. The molecule has 1 saturated heterocycles. The molecule has 0 bridgehead atoms. The summed E-state index contributed by atoms with van der Waals surface area (Å²) in [7, 11) is 0. The van der Waals surface area contributed by atoms with Crippen molar-refractivity contribution in [1.29, 1.82) is 0 Å². The molecule has 198 valence electrons. The number of aromatic nitrogens is 1. The van der Waals surface area contributed by atoms with Crippen molar-refractivity contribution in [3.05, 3.63) is 51.8 Å². The van der Waals surface area contributed by atoms with Crippen LogP contribution >= 0.6 is 0 Å². The number of halogens is 4. The van der Waals surface area contributed by atoms with Crippen molar-refractivity contribution in [3.63, 3.8) is 0 Å². The fourth-order valence-corrected chi connectivity index (χ4v) is 4.31. The minimum Gasteiger partial charge on any atom is -0.383 e. The summed E-state index contributed by atoms with van der Waals surface area (Å²) in [5, 5.41) is 7.30. The number of rotatable bonds is 7. The van der Waals surface area contributed by atoms with E-state index in [1.165, 1.54) is 11.0 Å². The summed E-state index contributed by atoms with van der Waals surface area (Å²) in [5.74, 6) is -2.10. The van der Waals surface area contributed by atoms with E-state index in [9.17, 15) is 31.9 Å². The summed E-state index contributed by atoms with van der Waals surface area (Å²) in [6.45, 7) is 4.72. The first kappa shape index (κ1) is 27.4. The number of likely N-dealkylation sites (tertiary alicyclic amines) is 1. The molecular weight excluding hydrogens is 484 g/mol. The van der Waals surface area contributed by atoms with Gasteiger partial charge in [0.15, 0.2) is 0 Å². The van der Waals surface area contributed by atoms with E-state index < -0.39 is 53.3 Å². The van der Waals surface area contributed by atoms with Crippen molar-refractivity contribution < 1.29 is 31.7 Å². The first-order chi connectivity index (χ1) is 16.7. The van der Waals surface area contributed by atoms with Gasteiger partial charge in [0.05, 0.1) is 13.0 Å². The molecule has 0 saturated carbocycles. The SMILES string of the molecule is CC(C)(C)c1ccc(NC(=O)C(NC(=O)Cc2cc(=O)[nH]o2)C2CCN(CC(F)(F)F)CC2)cc1F. The molecule has 8 nitrogen and oxygen atoms in total. The maximum absolute atomic E-state index is 14.6. The molecule has 1 atom stereocenters. The number of amides is 2. The molecule has 0 spiro atoms. The molecule has 0 aliphatic carbocycles. The van der Waals surface area contributed by atoms with Gasteiger partial charge in [0, 0.05) is 11.8 Å². The average molecular weight is 515 g/mol. The van der Waals surface area contributed by atoms with Gasteiger partial charge in [-0.2, -0.15) is 18.3 Å². The summed E-state index contributed by atoms with van der Waals surface area (Å²) in [6, 6.07) is 4.34. The maximum Gasteiger partial charge on any atom is 0.401 e. The van der Waals surface area contributed by atoms with E-state index in [0.29, 0.717) is 5.56 Å². The van der Waals surface area contributed by atoms with E-state index in [4.69, 9.17) is 4.52 Å². The molecule has 3 N–H and O–H groups in total. The highest BCUT2D eigenvalue weighted by Gasteiger charge is 2.37. The van der Waals surface area contributed by atoms with Crippen LogP contribution in [0.1, 0.15) is 44.9 Å². The minimum atomic E-state index is -4.33. The van der Waals surface area contributed by atoms with Crippen molar-refractivity contribution in [2.75, 3.05) is 25.0 Å². The highest BCUT2D eigenvalue weighted by Crippen LogP contribution is 2.28. The van der Waals surface area contributed by atoms with Crippen LogP contribution in [0.4, 0.5) is 23.2 Å². The van der Waals surface area contributed by atoms with E-state index in [0.717, 1.165) is 6.07 Å². The molecule has 1 aromatic heterocycles. The Morgan fingerprint density at radius 2 is 1.83 bits per heavy atom. The van der Waals surface area contributed by atoms with Crippen molar-refractivity contribution >= 4 is 17.5 Å². The summed E-state index contributed by atoms with van der Waals surface area (Å²) < 4.78 is 57.8. The highest BCUT2D eigenvalue weighted by atomic mass is 19.4. The lowest BCUT2D eigenvalue weighted by Crippen LogP contribution is -2.52. The van der Waals surface area contributed by atoms with Crippen molar-refractivity contribution in [2.24, 2.45) is 5.92 Å². The summed E-state index contributed by atoms with van der Waals surface area (Å²) in [6.07, 6.45) is -4.16. The van der Waals surface area contributed by atoms with Gasteiger partial charge in [-0.05, 0) is 55.0 Å². The zero-order valence-corrected chi connectivity index (χ0v) is 20.3. The third kappa shape index (κ3) is 7.67. The number of nitrogens with one attached hydrogen (secondary N) is 3. The quantitative estimate of drug-likeness (QED) is 0.492. The van der Waals surface area contributed by atoms with Crippen molar-refractivity contribution in [3.8, 4) is 0 Å². The van der Waals surface area contributed by atoms with Gasteiger partial charge in [-0.3, -0.25) is 19.3 Å². The Morgan fingerprint density at radius 1 is 1.17 bits per heavy atom. The number of carbonyl (C=O) groups excluding carboxylic acids is 2. The number of alkyl halides is 3. The van der Waals surface area contributed by atoms with Crippen molar-refractivity contribution in [1.82, 2.24) is 15.4 Å². The van der Waals surface area contributed by atoms with Crippen LogP contribution in [0.3, 0.4) is 0 Å². The lowest BCUT2D eigenvalue weighted by molar-refractivity contribution is -0.149. The molecule has 2 heterocycles. The Labute approximate surface area is 205 Å². The number of benzene rings is 1. The van der Waals surface area contributed by atoms with Gasteiger partial charge < -0.3 is 15.2 Å². The largest absolute Gasteiger partial charge is 0.401 e. The molecule has 3 rings (SSSR count). The number of hydrogen-bond donors (Lipinski definition) is 3. The Balaban J connectivity index is 1.74. The Bertz CT molecular complexity index is 1130. The van der Waals surface area contributed by atoms with E-state index in [-0.39, 0.29) is 43.8 Å². The molecule has 1 aromatic carbocycles. The molecule has 1 aliphatic heterocycles. The molecule has 12 heteroatoms. The van der Waals surface area contributed by atoms with Gasteiger partial charge in [-0.15, -0.1) is 0 Å². The second-order valence-electron chi connectivity index (χ2n) is 10.1. The van der Waals surface area contributed by atoms with Gasteiger partial charge in [-0.1, -0.05) is 26.8 Å². The van der Waals surface area contributed by atoms with Crippen LogP contribution in [-0.2, 0) is 21.4 Å². The number of carbonyl (C=O) groups is 2. The number of aromatic amines is 1. The van der Waals surface area contributed by atoms with Gasteiger partial charge >= 0.3 is 6.18 Å². The minimum absolute atomic E-state index is 0.0662. The van der Waals surface area contributed by atoms with E-state index in [1.54, 1.807) is 12.1 Å². The summed E-state index contributed by atoms with van der Waals surface area (Å²) in [5.41, 5.74) is -0.308. The van der Waals surface area contributed by atoms with Crippen LogP contribution in [-0.4, -0.2) is 53.7 Å². The fraction of sp³-hybridized carbons (Fsp3) is 0.542. The standard InChI is InChI=1S/C24H30F4N4O4/c1-23(2,3)17-5-4-15(10-18(17)25)29-22(35)21(30-19(33)11-16-12-20(34)31-36-16)14-6-8-32(9-7-14)13-24(26,27)28/h4-5,10,12,14,21H,6-9,11,13H2,1-3H3,(H,29,35)(H,30,33)(H,31,34). The second kappa shape index (κ2) is 10.9. The van der Waals surface area contributed by atoms with Crippen LogP contribution in [0, 0.1) is 11.7 Å². The first-order valence-electron chi connectivity index (χ1n) is 11.6. The lowest BCUT2D eigenvalue weighted by atomic mass is 9.86. The maximum atomic E-state index is 14.6. The Kier molecular flexibility index (Phi) is 8.27. The molecule has 1 aliphatic rings. The molecule has 0 radical (unpaired) electrons. The number of hydrogen-bond acceptors (Lipinski definition) is 5. The molecule has 2 aromatic rings. The van der Waals surface area contributed by atoms with E-state index in [2.05, 4.69) is 15.8 Å². The topological polar surface area (TPSA) is 107 Å². The predicted molar refractivity (Wildman–Crippen MR) is 124 cm³/mol. The van der Waals surface area contributed by atoms with Gasteiger partial charge in [0.1, 0.15) is 17.6 Å². The normalized spacial score (nSPS) is 16.5. The van der Waals surface area contributed by atoms with Gasteiger partial charge in [0.2, 0.25) is 11.8 Å². The lowest BCUT2D eigenvalue weighted by Gasteiger charge is -2.36. The third-order valence-corrected chi connectivity index (χ3v) is 6.06. The fourth-order valence-electron chi connectivity index (χ4n) is 4.31. The third-order valence-electron chi connectivity index (χ3n) is 6.06. The number of nitrogens with zero attached hydrogens (tertiary/aromatic N) is 1. The van der Waals surface area contributed by atoms with Crippen LogP contribution < -0.4 is 16.2 Å². The van der Waals surface area contributed by atoms with E-state index in [1.807, 2.05) is 20.8 Å². The van der Waals surface area contributed by atoms with Crippen LogP contribution in [0.5, 0.6) is 0 Å². The highest BCUT2D eigenvalue weighted by molar-refractivity contribution is 5.97. The predicted octanol–water partition coefficient (Wildman–Crippen LogP) is 3.34. The Morgan fingerprint density at radius 3 is 2.36 bits per heavy atom. The number of H-pyrrole nitrogens is 1. The summed E-state index contributed by atoms with van der Waals surface area (Å²) >= 11 is 0. The molecule has 36 heavy (non-hydrogen) atoms. The molecule has 1 unspecified atom stereocenters. The molecular formula is C24H30F4N4O4. The van der Waals surface area contributed by atoms with Gasteiger partial charge in [0.25, 0.3) is 5.56 Å². The zero-order chi connectivity index (χ0) is 26.7. The monoisotopic (exact) mass is 514 g/mol. The smallest absolute Gasteiger partial charge is 0.383 e.